The van der Waals surface area contributed by atoms with Crippen LogP contribution < -0.4 is 4.74 Å². The zero-order chi connectivity index (χ0) is 12.5. The Morgan fingerprint density at radius 3 is 3.17 bits per heavy atom. The molecule has 3 rings (SSSR count). The van der Waals surface area contributed by atoms with Gasteiger partial charge in [0.05, 0.1) is 7.11 Å². The van der Waals surface area contributed by atoms with Crippen LogP contribution in [0, 0.1) is 0 Å². The number of fused-ring (bicyclic) bond motifs is 2. The monoisotopic (exact) mass is 247 g/mol. The summed E-state index contributed by atoms with van der Waals surface area (Å²) in [7, 11) is 1.56. The smallest absolute Gasteiger partial charge is 0.254 e. The molecule has 0 N–H and O–H groups in total. The van der Waals surface area contributed by atoms with E-state index in [1.54, 1.807) is 25.4 Å². The van der Waals surface area contributed by atoms with Crippen LogP contribution in [0.15, 0.2) is 18.3 Å². The van der Waals surface area contributed by atoms with Crippen LogP contribution in [0.25, 0.3) is 0 Å². The van der Waals surface area contributed by atoms with E-state index in [0.29, 0.717) is 17.5 Å². The van der Waals surface area contributed by atoms with Crippen molar-refractivity contribution in [3.63, 3.8) is 0 Å². The molecule has 0 spiro atoms. The molecule has 1 amide bonds. The molecule has 0 aliphatic carbocycles. The third-order valence-electron chi connectivity index (χ3n) is 3.80. The number of pyridine rings is 1. The molecule has 2 aliphatic rings. The van der Waals surface area contributed by atoms with Crippen molar-refractivity contribution in [2.24, 2.45) is 0 Å². The molecule has 2 saturated heterocycles. The van der Waals surface area contributed by atoms with Gasteiger partial charge in [0.15, 0.2) is 0 Å². The quantitative estimate of drug-likeness (QED) is 0.768. The molecule has 2 aliphatic heterocycles. The van der Waals surface area contributed by atoms with Crippen molar-refractivity contribution < 1.29 is 9.53 Å². The number of piperazine rings is 1. The summed E-state index contributed by atoms with van der Waals surface area (Å²) < 4.78 is 5.06. The Morgan fingerprint density at radius 1 is 1.44 bits per heavy atom. The Balaban J connectivity index is 1.81. The summed E-state index contributed by atoms with van der Waals surface area (Å²) in [4.78, 5) is 20.9. The Labute approximate surface area is 106 Å². The summed E-state index contributed by atoms with van der Waals surface area (Å²) in [6, 6.07) is 3.85. The molecule has 0 saturated carbocycles. The predicted molar refractivity (Wildman–Crippen MR) is 66.7 cm³/mol. The minimum absolute atomic E-state index is 0.0993. The van der Waals surface area contributed by atoms with E-state index in [1.165, 1.54) is 0 Å². The molecule has 0 aromatic carbocycles. The summed E-state index contributed by atoms with van der Waals surface area (Å²) in [6.07, 6.45) is 2.71. The predicted octanol–water partition coefficient (Wildman–Crippen LogP) is 0.620. The van der Waals surface area contributed by atoms with Gasteiger partial charge < -0.3 is 9.64 Å². The number of aromatic nitrogens is 1. The molecule has 0 radical (unpaired) electrons. The summed E-state index contributed by atoms with van der Waals surface area (Å²) in [5.41, 5.74) is 0.669. The highest BCUT2D eigenvalue weighted by Gasteiger charge is 2.35. The van der Waals surface area contributed by atoms with Gasteiger partial charge in [-0.25, -0.2) is 4.98 Å². The molecule has 18 heavy (non-hydrogen) atoms. The summed E-state index contributed by atoms with van der Waals surface area (Å²) >= 11 is 0. The number of methoxy groups -OCH3 is 1. The lowest BCUT2D eigenvalue weighted by molar-refractivity contribution is 0.0609. The van der Waals surface area contributed by atoms with E-state index in [-0.39, 0.29) is 5.91 Å². The van der Waals surface area contributed by atoms with Gasteiger partial charge in [-0.05, 0) is 12.5 Å². The van der Waals surface area contributed by atoms with E-state index < -0.39 is 0 Å². The summed E-state index contributed by atoms with van der Waals surface area (Å²) in [6.45, 7) is 3.96. The zero-order valence-corrected chi connectivity index (χ0v) is 10.5. The van der Waals surface area contributed by atoms with Crippen molar-refractivity contribution in [3.8, 4) is 5.88 Å². The van der Waals surface area contributed by atoms with E-state index >= 15 is 0 Å². The fraction of sp³-hybridized carbons (Fsp3) is 0.538. The number of ether oxygens (including phenoxy) is 1. The van der Waals surface area contributed by atoms with Gasteiger partial charge in [-0.1, -0.05) is 0 Å². The maximum atomic E-state index is 12.5. The molecule has 96 valence electrons. The molecule has 1 aromatic heterocycles. The molecule has 5 heteroatoms. The second-order valence-electron chi connectivity index (χ2n) is 4.83. The van der Waals surface area contributed by atoms with E-state index in [9.17, 15) is 4.79 Å². The Morgan fingerprint density at radius 2 is 2.33 bits per heavy atom. The minimum Gasteiger partial charge on any atom is -0.481 e. The van der Waals surface area contributed by atoms with Crippen molar-refractivity contribution in [2.45, 2.75) is 12.5 Å². The van der Waals surface area contributed by atoms with Crippen LogP contribution in [0.3, 0.4) is 0 Å². The Bertz CT molecular complexity index is 463. The average molecular weight is 247 g/mol. The lowest BCUT2D eigenvalue weighted by Crippen LogP contribution is -2.49. The number of hydrogen-bond donors (Lipinski definition) is 0. The zero-order valence-electron chi connectivity index (χ0n) is 10.5. The van der Waals surface area contributed by atoms with Crippen LogP contribution in [-0.4, -0.2) is 60.0 Å². The first-order valence-electron chi connectivity index (χ1n) is 6.31. The van der Waals surface area contributed by atoms with Gasteiger partial charge in [-0.2, -0.15) is 0 Å². The Hall–Kier alpha value is -1.62. The van der Waals surface area contributed by atoms with Gasteiger partial charge in [0.25, 0.3) is 5.91 Å². The van der Waals surface area contributed by atoms with Gasteiger partial charge >= 0.3 is 0 Å². The summed E-state index contributed by atoms with van der Waals surface area (Å²) in [5.74, 6) is 0.591. The number of rotatable bonds is 2. The van der Waals surface area contributed by atoms with Crippen LogP contribution in [0.2, 0.25) is 0 Å². The minimum atomic E-state index is 0.0993. The number of carbonyl (C=O) groups is 1. The van der Waals surface area contributed by atoms with Crippen LogP contribution in [0.1, 0.15) is 16.8 Å². The van der Waals surface area contributed by atoms with Crippen molar-refractivity contribution in [2.75, 3.05) is 33.3 Å². The molecule has 3 heterocycles. The van der Waals surface area contributed by atoms with E-state index in [2.05, 4.69) is 9.88 Å². The maximum Gasteiger partial charge on any atom is 0.254 e. The molecular formula is C13H17N3O2. The molecule has 2 unspecified atom stereocenters. The second-order valence-corrected chi connectivity index (χ2v) is 4.83. The SMILES string of the molecule is COc1cc(C(=O)N2CCN3CCC2C3)ccn1. The van der Waals surface area contributed by atoms with Crippen LogP contribution in [0.5, 0.6) is 5.88 Å². The Kier molecular flexibility index (Phi) is 2.91. The van der Waals surface area contributed by atoms with Gasteiger partial charge in [0.1, 0.15) is 0 Å². The molecule has 2 fully saturated rings. The first kappa shape index (κ1) is 11.5. The lowest BCUT2D eigenvalue weighted by atomic mass is 10.1. The summed E-state index contributed by atoms with van der Waals surface area (Å²) in [5, 5.41) is 0. The molecular weight excluding hydrogens is 230 g/mol. The van der Waals surface area contributed by atoms with Gasteiger partial charge in [0, 0.05) is 50.0 Å². The number of carbonyl (C=O) groups excluding carboxylic acids is 1. The third-order valence-corrected chi connectivity index (χ3v) is 3.80. The number of amides is 1. The molecule has 1 aromatic rings. The fourth-order valence-electron chi connectivity index (χ4n) is 2.79. The van der Waals surface area contributed by atoms with Crippen molar-refractivity contribution >= 4 is 5.91 Å². The molecule has 2 bridgehead atoms. The lowest BCUT2D eigenvalue weighted by Gasteiger charge is -2.34. The van der Waals surface area contributed by atoms with Crippen LogP contribution in [0.4, 0.5) is 0 Å². The van der Waals surface area contributed by atoms with Crippen molar-refractivity contribution in [1.29, 1.82) is 0 Å². The normalized spacial score (nSPS) is 26.2. The highest BCUT2D eigenvalue weighted by Crippen LogP contribution is 2.23. The highest BCUT2D eigenvalue weighted by atomic mass is 16.5. The van der Waals surface area contributed by atoms with Crippen LogP contribution in [-0.2, 0) is 0 Å². The van der Waals surface area contributed by atoms with Crippen molar-refractivity contribution in [1.82, 2.24) is 14.8 Å². The second kappa shape index (κ2) is 4.57. The van der Waals surface area contributed by atoms with E-state index in [1.807, 2.05) is 4.90 Å². The first-order chi connectivity index (χ1) is 8.78. The maximum absolute atomic E-state index is 12.5. The average Bonchev–Trinajstić information content (AvgIpc) is 2.80. The first-order valence-corrected chi connectivity index (χ1v) is 6.31. The largest absolute Gasteiger partial charge is 0.481 e. The third kappa shape index (κ3) is 1.95. The fourth-order valence-corrected chi connectivity index (χ4v) is 2.79. The van der Waals surface area contributed by atoms with Crippen molar-refractivity contribution in [3.05, 3.63) is 23.9 Å². The van der Waals surface area contributed by atoms with Gasteiger partial charge in [-0.15, -0.1) is 0 Å². The highest BCUT2D eigenvalue weighted by molar-refractivity contribution is 5.94. The number of hydrogen-bond acceptors (Lipinski definition) is 4. The molecule has 5 nitrogen and oxygen atoms in total. The van der Waals surface area contributed by atoms with Crippen LogP contribution >= 0.6 is 0 Å². The topological polar surface area (TPSA) is 45.7 Å². The van der Waals surface area contributed by atoms with Gasteiger partial charge in [0.2, 0.25) is 5.88 Å². The van der Waals surface area contributed by atoms with Gasteiger partial charge in [-0.3, -0.25) is 9.69 Å². The number of nitrogens with zero attached hydrogens (tertiary/aromatic N) is 3. The van der Waals surface area contributed by atoms with E-state index in [0.717, 1.165) is 32.6 Å². The molecule has 2 atom stereocenters. The van der Waals surface area contributed by atoms with E-state index in [4.69, 9.17) is 4.74 Å². The standard InChI is InChI=1S/C13H17N3O2/c1-18-12-8-10(2-4-14-12)13(17)16-7-6-15-5-3-11(16)9-15/h2,4,8,11H,3,5-7,9H2,1H3.